The zero-order valence-electron chi connectivity index (χ0n) is 8.41. The average molecular weight is 271 g/mol. The van der Waals surface area contributed by atoms with Gasteiger partial charge in [-0.1, -0.05) is 12.1 Å². The van der Waals surface area contributed by atoms with E-state index in [1.807, 2.05) is 0 Å². The number of alkyl halides is 4. The van der Waals surface area contributed by atoms with Crippen molar-refractivity contribution in [2.24, 2.45) is 5.73 Å². The van der Waals surface area contributed by atoms with E-state index in [1.165, 1.54) is 6.07 Å². The first-order valence-corrected chi connectivity index (χ1v) is 5.94. The van der Waals surface area contributed by atoms with Gasteiger partial charge in [-0.2, -0.15) is 13.2 Å². The fourth-order valence-corrected chi connectivity index (χ4v) is 1.96. The van der Waals surface area contributed by atoms with E-state index in [-0.39, 0.29) is 5.56 Å². The van der Waals surface area contributed by atoms with Crippen LogP contribution in [0.5, 0.6) is 0 Å². The zero-order valence-corrected chi connectivity index (χ0v) is 9.22. The Morgan fingerprint density at radius 3 is 2.35 bits per heavy atom. The van der Waals surface area contributed by atoms with Crippen molar-refractivity contribution in [2.75, 3.05) is 6.54 Å². The second kappa shape index (κ2) is 4.61. The van der Waals surface area contributed by atoms with Crippen LogP contribution in [0.1, 0.15) is 11.7 Å². The zero-order chi connectivity index (χ0) is 13.3. The van der Waals surface area contributed by atoms with Gasteiger partial charge in [-0.25, -0.2) is 12.8 Å². The molecule has 1 aromatic carbocycles. The second-order valence-corrected chi connectivity index (χ2v) is 5.17. The van der Waals surface area contributed by atoms with Gasteiger partial charge < -0.3 is 5.73 Å². The van der Waals surface area contributed by atoms with E-state index in [0.717, 1.165) is 12.1 Å². The third kappa shape index (κ3) is 2.75. The molecule has 0 aliphatic heterocycles. The highest BCUT2D eigenvalue weighted by molar-refractivity contribution is 7.92. The predicted molar refractivity (Wildman–Crippen MR) is 52.6 cm³/mol. The van der Waals surface area contributed by atoms with E-state index in [0.29, 0.717) is 6.07 Å². The number of hydrogen-bond donors (Lipinski definition) is 1. The molecule has 8 heteroatoms. The topological polar surface area (TPSA) is 60.2 Å². The first-order valence-electron chi connectivity index (χ1n) is 4.45. The monoisotopic (exact) mass is 271 g/mol. The number of sulfone groups is 1. The van der Waals surface area contributed by atoms with Gasteiger partial charge in [0.05, 0.1) is 4.90 Å². The summed E-state index contributed by atoms with van der Waals surface area (Å²) in [6.07, 6.45) is -1.70. The summed E-state index contributed by atoms with van der Waals surface area (Å²) in [5, 5.41) is 0. The summed E-state index contributed by atoms with van der Waals surface area (Å²) in [6, 6.07) is 3.61. The smallest absolute Gasteiger partial charge is 0.327 e. The Balaban J connectivity index is 3.26. The number of halogens is 4. The van der Waals surface area contributed by atoms with Crippen molar-refractivity contribution in [1.29, 1.82) is 0 Å². The lowest BCUT2D eigenvalue weighted by molar-refractivity contribution is -0.0436. The summed E-state index contributed by atoms with van der Waals surface area (Å²) < 4.78 is 71.9. The standard InChI is InChI=1S/C9H9F4NO2S/c10-8(5-14)6-2-1-3-7(4-6)17(15,16)9(11,12)13/h1-4,8H,5,14H2. The summed E-state index contributed by atoms with van der Waals surface area (Å²) in [7, 11) is -5.45. The molecule has 0 saturated heterocycles. The first kappa shape index (κ1) is 13.9. The molecular weight excluding hydrogens is 262 g/mol. The number of benzene rings is 1. The van der Waals surface area contributed by atoms with E-state index in [4.69, 9.17) is 5.73 Å². The largest absolute Gasteiger partial charge is 0.501 e. The van der Waals surface area contributed by atoms with Gasteiger partial charge in [0.15, 0.2) is 0 Å². The molecule has 0 aliphatic carbocycles. The lowest BCUT2D eigenvalue weighted by atomic mass is 10.1. The number of rotatable bonds is 3. The Kier molecular flexibility index (Phi) is 3.78. The van der Waals surface area contributed by atoms with Crippen molar-refractivity contribution in [3.05, 3.63) is 29.8 Å². The molecule has 1 atom stereocenters. The normalized spacial score (nSPS) is 14.6. The molecule has 17 heavy (non-hydrogen) atoms. The van der Waals surface area contributed by atoms with E-state index in [9.17, 15) is 26.0 Å². The highest BCUT2D eigenvalue weighted by Gasteiger charge is 2.46. The molecule has 0 bridgehead atoms. The van der Waals surface area contributed by atoms with Gasteiger partial charge in [-0.15, -0.1) is 0 Å². The Morgan fingerprint density at radius 1 is 1.29 bits per heavy atom. The van der Waals surface area contributed by atoms with E-state index in [1.54, 1.807) is 0 Å². The maximum Gasteiger partial charge on any atom is 0.501 e. The lowest BCUT2D eigenvalue weighted by Crippen LogP contribution is -2.23. The molecule has 96 valence electrons. The van der Waals surface area contributed by atoms with Crippen LogP contribution in [0.2, 0.25) is 0 Å². The number of nitrogens with two attached hydrogens (primary N) is 1. The molecular formula is C9H9F4NO2S. The van der Waals surface area contributed by atoms with Crippen LogP contribution in [0, 0.1) is 0 Å². The molecule has 0 amide bonds. The summed E-state index contributed by atoms with van der Waals surface area (Å²) in [6.45, 7) is -0.435. The van der Waals surface area contributed by atoms with Gasteiger partial charge in [-0.05, 0) is 17.7 Å². The van der Waals surface area contributed by atoms with Crippen molar-refractivity contribution in [3.8, 4) is 0 Å². The predicted octanol–water partition coefficient (Wildman–Crippen LogP) is 1.95. The Morgan fingerprint density at radius 2 is 1.88 bits per heavy atom. The molecule has 0 aliphatic rings. The van der Waals surface area contributed by atoms with E-state index < -0.39 is 33.0 Å². The fourth-order valence-electron chi connectivity index (χ4n) is 1.15. The van der Waals surface area contributed by atoms with Crippen molar-refractivity contribution in [1.82, 2.24) is 0 Å². The Bertz CT molecular complexity index is 498. The highest BCUT2D eigenvalue weighted by Crippen LogP contribution is 2.31. The summed E-state index contributed by atoms with van der Waals surface area (Å²) >= 11 is 0. The quantitative estimate of drug-likeness (QED) is 0.855. The van der Waals surface area contributed by atoms with Gasteiger partial charge in [0.25, 0.3) is 9.84 Å². The van der Waals surface area contributed by atoms with Crippen LogP contribution < -0.4 is 5.73 Å². The minimum absolute atomic E-state index is 0.196. The maximum atomic E-state index is 13.1. The van der Waals surface area contributed by atoms with Gasteiger partial charge in [0.1, 0.15) is 6.17 Å². The molecule has 1 aromatic rings. The van der Waals surface area contributed by atoms with E-state index in [2.05, 4.69) is 0 Å². The Labute approximate surface area is 95.2 Å². The van der Waals surface area contributed by atoms with Crippen LogP contribution in [0.4, 0.5) is 17.6 Å². The number of hydrogen-bond acceptors (Lipinski definition) is 3. The summed E-state index contributed by atoms with van der Waals surface area (Å²) in [5.41, 5.74) is -0.597. The molecule has 0 heterocycles. The average Bonchev–Trinajstić information content (AvgIpc) is 2.26. The molecule has 0 aromatic heterocycles. The summed E-state index contributed by atoms with van der Waals surface area (Å²) in [4.78, 5) is -0.987. The van der Waals surface area contributed by atoms with Gasteiger partial charge in [-0.3, -0.25) is 0 Å². The molecule has 0 radical (unpaired) electrons. The molecule has 3 nitrogen and oxygen atoms in total. The first-order chi connectivity index (χ1) is 7.70. The molecule has 1 unspecified atom stereocenters. The van der Waals surface area contributed by atoms with Crippen molar-refractivity contribution >= 4 is 9.84 Å². The highest BCUT2D eigenvalue weighted by atomic mass is 32.2. The Hall–Kier alpha value is -1.15. The van der Waals surface area contributed by atoms with Gasteiger partial charge >= 0.3 is 5.51 Å². The van der Waals surface area contributed by atoms with Crippen LogP contribution in [0.3, 0.4) is 0 Å². The molecule has 0 saturated carbocycles. The maximum absolute atomic E-state index is 13.1. The van der Waals surface area contributed by atoms with Crippen LogP contribution >= 0.6 is 0 Å². The van der Waals surface area contributed by atoms with E-state index >= 15 is 0 Å². The molecule has 0 spiro atoms. The van der Waals surface area contributed by atoms with Crippen molar-refractivity contribution in [3.63, 3.8) is 0 Å². The van der Waals surface area contributed by atoms with Gasteiger partial charge in [0, 0.05) is 6.54 Å². The SMILES string of the molecule is NCC(F)c1cccc(S(=O)(=O)C(F)(F)F)c1. The van der Waals surface area contributed by atoms with Crippen molar-refractivity contribution < 1.29 is 26.0 Å². The van der Waals surface area contributed by atoms with Gasteiger partial charge in [0.2, 0.25) is 0 Å². The molecule has 0 fully saturated rings. The van der Waals surface area contributed by atoms with Crippen LogP contribution in [-0.4, -0.2) is 20.5 Å². The molecule has 2 N–H and O–H groups in total. The van der Waals surface area contributed by atoms with Crippen LogP contribution in [0.15, 0.2) is 29.2 Å². The van der Waals surface area contributed by atoms with Crippen LogP contribution in [-0.2, 0) is 9.84 Å². The lowest BCUT2D eigenvalue weighted by Gasteiger charge is -2.10. The minimum atomic E-state index is -5.45. The van der Waals surface area contributed by atoms with Crippen LogP contribution in [0.25, 0.3) is 0 Å². The van der Waals surface area contributed by atoms with Crippen molar-refractivity contribution in [2.45, 2.75) is 16.6 Å². The summed E-state index contributed by atoms with van der Waals surface area (Å²) in [5.74, 6) is 0. The molecule has 1 rings (SSSR count). The third-order valence-electron chi connectivity index (χ3n) is 2.04. The second-order valence-electron chi connectivity index (χ2n) is 3.22. The third-order valence-corrected chi connectivity index (χ3v) is 3.53. The minimum Gasteiger partial charge on any atom is -0.327 e. The fraction of sp³-hybridized carbons (Fsp3) is 0.333.